The monoisotopic (exact) mass is 739 g/mol. The summed E-state index contributed by atoms with van der Waals surface area (Å²) in [6.45, 7) is 0. The molecule has 0 bridgehead atoms. The highest BCUT2D eigenvalue weighted by Crippen LogP contribution is 2.46. The van der Waals surface area contributed by atoms with Gasteiger partial charge in [0.15, 0.2) is 0 Å². The molecule has 6 aromatic carbocycles. The van der Waals surface area contributed by atoms with Gasteiger partial charge in [-0.2, -0.15) is 39.5 Å². The van der Waals surface area contributed by atoms with Crippen LogP contribution in [0.25, 0.3) is 77.6 Å². The Bertz CT molecular complexity index is 2670. The van der Waals surface area contributed by atoms with Crippen LogP contribution in [0, 0.1) is 0 Å². The second kappa shape index (κ2) is 12.7. The van der Waals surface area contributed by atoms with E-state index in [2.05, 4.69) is 4.98 Å². The lowest BCUT2D eigenvalue weighted by molar-refractivity contribution is -0.143. The molecule has 0 saturated carbocycles. The Labute approximate surface area is 300 Å². The summed E-state index contributed by atoms with van der Waals surface area (Å²) in [6, 6.07) is 31.9. The van der Waals surface area contributed by atoms with E-state index in [1.165, 1.54) is 24.3 Å². The third-order valence-electron chi connectivity index (χ3n) is 9.08. The van der Waals surface area contributed by atoms with Gasteiger partial charge in [-0.3, -0.25) is 0 Å². The van der Waals surface area contributed by atoms with E-state index < -0.39 is 35.2 Å². The molecule has 0 unspecified atom stereocenters. The van der Waals surface area contributed by atoms with E-state index in [1.54, 1.807) is 48.5 Å². The summed E-state index contributed by atoms with van der Waals surface area (Å²) in [6.07, 6.45) is -15.0. The molecule has 12 heteroatoms. The molecule has 0 atom stereocenters. The van der Waals surface area contributed by atoms with E-state index in [9.17, 15) is 26.3 Å². The molecule has 0 saturated heterocycles. The minimum Gasteiger partial charge on any atom is -0.247 e. The van der Waals surface area contributed by atoms with Crippen LogP contribution in [0.2, 0.25) is 0 Å². The molecule has 0 amide bonds. The van der Waals surface area contributed by atoms with Crippen LogP contribution in [0.4, 0.5) is 39.5 Å². The molecular formula is C42H22F9N3. The standard InChI is InChI=1S/C42H22F9N3/c43-40(44,45)28-19-27(20-29(21-28)41(46,47)48)23-15-17-26(18-16-23)36-35-31(42(49,50)51)22-33-39(34(35)30-13-7-8-14-32(30)52-36)54-38(25-11-5-2-6-12-25)37(53-33)24-9-3-1-4-10-24/h1-22H. The second-order valence-electron chi connectivity index (χ2n) is 12.5. The number of fused-ring (bicyclic) bond motifs is 5. The minimum atomic E-state index is -5.06. The predicted molar refractivity (Wildman–Crippen MR) is 189 cm³/mol. The Balaban J connectivity index is 1.42. The summed E-state index contributed by atoms with van der Waals surface area (Å²) in [5.41, 5.74) is -1.79. The summed E-state index contributed by atoms with van der Waals surface area (Å²) in [7, 11) is 0. The molecule has 0 aliphatic rings. The zero-order chi connectivity index (χ0) is 38.0. The number of para-hydroxylation sites is 1. The van der Waals surface area contributed by atoms with Crippen molar-refractivity contribution in [2.75, 3.05) is 0 Å². The van der Waals surface area contributed by atoms with Crippen molar-refractivity contribution in [1.29, 1.82) is 0 Å². The van der Waals surface area contributed by atoms with E-state index in [-0.39, 0.29) is 50.3 Å². The fraction of sp³-hybridized carbons (Fsp3) is 0.0714. The van der Waals surface area contributed by atoms with Gasteiger partial charge in [-0.1, -0.05) is 103 Å². The Kier molecular flexibility index (Phi) is 8.16. The molecule has 0 fully saturated rings. The van der Waals surface area contributed by atoms with Crippen molar-refractivity contribution in [1.82, 2.24) is 15.0 Å². The van der Waals surface area contributed by atoms with Crippen molar-refractivity contribution >= 4 is 32.7 Å². The molecule has 2 heterocycles. The van der Waals surface area contributed by atoms with Gasteiger partial charge in [-0.25, -0.2) is 15.0 Å². The fourth-order valence-corrected chi connectivity index (χ4v) is 6.63. The average Bonchev–Trinajstić information content (AvgIpc) is 3.16. The highest BCUT2D eigenvalue weighted by molar-refractivity contribution is 6.22. The number of rotatable bonds is 4. The highest BCUT2D eigenvalue weighted by Gasteiger charge is 2.38. The van der Waals surface area contributed by atoms with Gasteiger partial charge in [-0.15, -0.1) is 0 Å². The molecule has 268 valence electrons. The molecule has 54 heavy (non-hydrogen) atoms. The molecule has 0 radical (unpaired) electrons. The number of alkyl halides is 9. The molecule has 0 aliphatic heterocycles. The quantitative estimate of drug-likeness (QED) is 0.133. The maximum atomic E-state index is 15.2. The zero-order valence-electron chi connectivity index (χ0n) is 27.4. The number of halogens is 9. The lowest BCUT2D eigenvalue weighted by Crippen LogP contribution is -2.11. The normalized spacial score (nSPS) is 12.5. The van der Waals surface area contributed by atoms with Crippen molar-refractivity contribution < 1.29 is 39.5 Å². The molecule has 0 N–H and O–H groups in total. The van der Waals surface area contributed by atoms with E-state index in [1.807, 2.05) is 36.4 Å². The van der Waals surface area contributed by atoms with E-state index in [0.29, 0.717) is 45.6 Å². The van der Waals surface area contributed by atoms with Crippen molar-refractivity contribution in [3.05, 3.63) is 150 Å². The van der Waals surface area contributed by atoms with Crippen LogP contribution >= 0.6 is 0 Å². The van der Waals surface area contributed by atoms with Crippen LogP contribution < -0.4 is 0 Å². The maximum absolute atomic E-state index is 15.2. The van der Waals surface area contributed by atoms with Gasteiger partial charge in [0, 0.05) is 32.8 Å². The third-order valence-corrected chi connectivity index (χ3v) is 9.08. The summed E-state index contributed by atoms with van der Waals surface area (Å²) >= 11 is 0. The van der Waals surface area contributed by atoms with Crippen LogP contribution in [0.3, 0.4) is 0 Å². The Morgan fingerprint density at radius 2 is 0.833 bits per heavy atom. The first-order valence-corrected chi connectivity index (χ1v) is 16.3. The molecule has 2 aromatic heterocycles. The number of hydrogen-bond donors (Lipinski definition) is 0. The Hall–Kier alpha value is -6.30. The van der Waals surface area contributed by atoms with E-state index in [0.717, 1.165) is 6.07 Å². The van der Waals surface area contributed by atoms with Crippen LogP contribution in [-0.4, -0.2) is 15.0 Å². The molecular weight excluding hydrogens is 717 g/mol. The molecule has 8 aromatic rings. The number of pyridine rings is 1. The van der Waals surface area contributed by atoms with Gasteiger partial charge in [-0.05, 0) is 41.5 Å². The fourth-order valence-electron chi connectivity index (χ4n) is 6.63. The molecule has 8 rings (SSSR count). The van der Waals surface area contributed by atoms with Crippen molar-refractivity contribution in [2.45, 2.75) is 18.5 Å². The highest BCUT2D eigenvalue weighted by atomic mass is 19.4. The van der Waals surface area contributed by atoms with Gasteiger partial charge in [0.1, 0.15) is 0 Å². The van der Waals surface area contributed by atoms with Crippen LogP contribution in [-0.2, 0) is 18.5 Å². The maximum Gasteiger partial charge on any atom is 0.417 e. The van der Waals surface area contributed by atoms with Crippen LogP contribution in [0.5, 0.6) is 0 Å². The average molecular weight is 740 g/mol. The second-order valence-corrected chi connectivity index (χ2v) is 12.5. The van der Waals surface area contributed by atoms with Crippen molar-refractivity contribution in [2.24, 2.45) is 0 Å². The Morgan fingerprint density at radius 3 is 1.39 bits per heavy atom. The van der Waals surface area contributed by atoms with Crippen LogP contribution in [0.15, 0.2) is 133 Å². The zero-order valence-corrected chi connectivity index (χ0v) is 27.4. The van der Waals surface area contributed by atoms with Crippen molar-refractivity contribution in [3.63, 3.8) is 0 Å². The lowest BCUT2D eigenvalue weighted by atomic mass is 9.92. The van der Waals surface area contributed by atoms with Crippen LogP contribution in [0.1, 0.15) is 16.7 Å². The first kappa shape index (κ1) is 34.8. The summed E-state index contributed by atoms with van der Waals surface area (Å²) < 4.78 is 127. The van der Waals surface area contributed by atoms with Crippen molar-refractivity contribution in [3.8, 4) is 44.9 Å². The minimum absolute atomic E-state index is 0.0176. The smallest absolute Gasteiger partial charge is 0.247 e. The topological polar surface area (TPSA) is 38.7 Å². The largest absolute Gasteiger partial charge is 0.417 e. The number of benzene rings is 6. The lowest BCUT2D eigenvalue weighted by Gasteiger charge is -2.19. The van der Waals surface area contributed by atoms with Gasteiger partial charge in [0.25, 0.3) is 0 Å². The SMILES string of the molecule is FC(F)(F)c1cc(-c2ccc(-c3nc4ccccc4c4c3c(C(F)(F)F)cc3nc(-c5ccccc5)c(-c5ccccc5)nc34)cc2)cc(C(F)(F)F)c1. The van der Waals surface area contributed by atoms with E-state index >= 15 is 13.2 Å². The van der Waals surface area contributed by atoms with Gasteiger partial charge in [0.05, 0.1) is 50.3 Å². The number of hydrogen-bond acceptors (Lipinski definition) is 3. The van der Waals surface area contributed by atoms with Gasteiger partial charge < -0.3 is 0 Å². The summed E-state index contributed by atoms with van der Waals surface area (Å²) in [4.78, 5) is 14.5. The van der Waals surface area contributed by atoms with Gasteiger partial charge in [0.2, 0.25) is 0 Å². The van der Waals surface area contributed by atoms with E-state index in [4.69, 9.17) is 9.97 Å². The predicted octanol–water partition coefficient (Wildman–Crippen LogP) is 13.1. The Morgan fingerprint density at radius 1 is 0.352 bits per heavy atom. The van der Waals surface area contributed by atoms with Gasteiger partial charge >= 0.3 is 18.5 Å². The molecule has 3 nitrogen and oxygen atoms in total. The number of aromatic nitrogens is 3. The molecule has 0 aliphatic carbocycles. The summed E-state index contributed by atoms with van der Waals surface area (Å²) in [5, 5.41) is 0.204. The third kappa shape index (κ3) is 6.27. The summed E-state index contributed by atoms with van der Waals surface area (Å²) in [5.74, 6) is 0. The first-order valence-electron chi connectivity index (χ1n) is 16.3. The first-order chi connectivity index (χ1) is 25.7. The molecule has 0 spiro atoms. The number of nitrogens with zero attached hydrogens (tertiary/aromatic N) is 3.